The van der Waals surface area contributed by atoms with Gasteiger partial charge in [-0.05, 0) is 31.4 Å². The van der Waals surface area contributed by atoms with Gasteiger partial charge in [-0.2, -0.15) is 0 Å². The molecule has 0 bridgehead atoms. The number of amides is 1. The van der Waals surface area contributed by atoms with Gasteiger partial charge < -0.3 is 11.1 Å². The van der Waals surface area contributed by atoms with Crippen molar-refractivity contribution in [1.82, 2.24) is 0 Å². The van der Waals surface area contributed by atoms with Gasteiger partial charge in [0.1, 0.15) is 0 Å². The van der Waals surface area contributed by atoms with E-state index in [1.165, 1.54) is 0 Å². The van der Waals surface area contributed by atoms with E-state index in [9.17, 15) is 4.79 Å². The minimum atomic E-state index is -0.450. The van der Waals surface area contributed by atoms with E-state index >= 15 is 0 Å². The summed E-state index contributed by atoms with van der Waals surface area (Å²) in [6.45, 7) is 5.74. The Bertz CT molecular complexity index is 443. The molecule has 0 spiro atoms. The van der Waals surface area contributed by atoms with Gasteiger partial charge in [0.05, 0.1) is 10.9 Å². The lowest BCUT2D eigenvalue weighted by molar-refractivity contribution is -0.117. The second-order valence-electron chi connectivity index (χ2n) is 4.08. The summed E-state index contributed by atoms with van der Waals surface area (Å²) in [6, 6.07) is 5.97. The SMILES string of the molecule is CCc1cccc(C)c1NC(=O)C(C)C(N)=S. The molecular weight excluding hydrogens is 232 g/mol. The van der Waals surface area contributed by atoms with Crippen LogP contribution in [0.25, 0.3) is 0 Å². The van der Waals surface area contributed by atoms with E-state index in [4.69, 9.17) is 18.0 Å². The van der Waals surface area contributed by atoms with E-state index in [0.717, 1.165) is 23.2 Å². The van der Waals surface area contributed by atoms with Crippen molar-refractivity contribution in [3.63, 3.8) is 0 Å². The third kappa shape index (κ3) is 3.27. The standard InChI is InChI=1S/C13H18N2OS/c1-4-10-7-5-6-8(2)11(10)15-13(16)9(3)12(14)17/h5-7,9H,4H2,1-3H3,(H2,14,17)(H,15,16). The number of carbonyl (C=O) groups is 1. The first-order valence-corrected chi connectivity index (χ1v) is 6.06. The topological polar surface area (TPSA) is 55.1 Å². The molecule has 0 aliphatic heterocycles. The highest BCUT2D eigenvalue weighted by atomic mass is 32.1. The number of benzene rings is 1. The lowest BCUT2D eigenvalue weighted by atomic mass is 10.0. The Morgan fingerprint density at radius 1 is 1.53 bits per heavy atom. The molecule has 92 valence electrons. The molecule has 0 aliphatic rings. The summed E-state index contributed by atoms with van der Waals surface area (Å²) in [7, 11) is 0. The molecule has 3 N–H and O–H groups in total. The number of carbonyl (C=O) groups excluding carboxylic acids is 1. The monoisotopic (exact) mass is 250 g/mol. The number of hydrogen-bond donors (Lipinski definition) is 2. The number of nitrogens with two attached hydrogens (primary N) is 1. The Balaban J connectivity index is 2.95. The van der Waals surface area contributed by atoms with Crippen molar-refractivity contribution in [3.8, 4) is 0 Å². The number of anilines is 1. The zero-order chi connectivity index (χ0) is 13.0. The fraction of sp³-hybridized carbons (Fsp3) is 0.385. The van der Waals surface area contributed by atoms with Crippen molar-refractivity contribution in [2.75, 3.05) is 5.32 Å². The molecule has 0 aromatic heterocycles. The van der Waals surface area contributed by atoms with Crippen molar-refractivity contribution in [2.45, 2.75) is 27.2 Å². The molecule has 0 fully saturated rings. The second-order valence-corrected chi connectivity index (χ2v) is 4.55. The van der Waals surface area contributed by atoms with Crippen LogP contribution in [0.1, 0.15) is 25.0 Å². The Morgan fingerprint density at radius 2 is 2.18 bits per heavy atom. The zero-order valence-electron chi connectivity index (χ0n) is 10.4. The Labute approximate surface area is 107 Å². The number of aryl methyl sites for hydroxylation is 2. The smallest absolute Gasteiger partial charge is 0.234 e. The van der Waals surface area contributed by atoms with Crippen LogP contribution < -0.4 is 11.1 Å². The minimum absolute atomic E-state index is 0.151. The molecule has 0 heterocycles. The van der Waals surface area contributed by atoms with Gasteiger partial charge in [0, 0.05) is 5.69 Å². The molecule has 1 rings (SSSR count). The van der Waals surface area contributed by atoms with E-state index in [-0.39, 0.29) is 10.9 Å². The molecule has 1 unspecified atom stereocenters. The summed E-state index contributed by atoms with van der Waals surface area (Å²) in [5.41, 5.74) is 8.52. The highest BCUT2D eigenvalue weighted by Gasteiger charge is 2.17. The third-order valence-corrected chi connectivity index (χ3v) is 3.16. The third-order valence-electron chi connectivity index (χ3n) is 2.81. The molecule has 0 aliphatic carbocycles. The molecule has 4 heteroatoms. The van der Waals surface area contributed by atoms with Crippen LogP contribution in [0.2, 0.25) is 0 Å². The molecular formula is C13H18N2OS. The molecule has 17 heavy (non-hydrogen) atoms. The Morgan fingerprint density at radius 3 is 2.71 bits per heavy atom. The van der Waals surface area contributed by atoms with Crippen LogP contribution in [0.4, 0.5) is 5.69 Å². The number of thiocarbonyl (C=S) groups is 1. The van der Waals surface area contributed by atoms with Gasteiger partial charge in [0.15, 0.2) is 0 Å². The summed E-state index contributed by atoms with van der Waals surface area (Å²) in [5, 5.41) is 2.90. The van der Waals surface area contributed by atoms with Gasteiger partial charge in [0.25, 0.3) is 0 Å². The maximum atomic E-state index is 11.9. The van der Waals surface area contributed by atoms with Crippen molar-refractivity contribution in [3.05, 3.63) is 29.3 Å². The van der Waals surface area contributed by atoms with Crippen molar-refractivity contribution in [1.29, 1.82) is 0 Å². The molecule has 0 saturated heterocycles. The molecule has 1 atom stereocenters. The summed E-state index contributed by atoms with van der Waals surface area (Å²) in [6.07, 6.45) is 0.874. The van der Waals surface area contributed by atoms with E-state index in [2.05, 4.69) is 12.2 Å². The summed E-state index contributed by atoms with van der Waals surface area (Å²) in [5.74, 6) is -0.601. The average Bonchev–Trinajstić information content (AvgIpc) is 2.30. The number of rotatable bonds is 4. The number of para-hydroxylation sites is 1. The van der Waals surface area contributed by atoms with Crippen LogP contribution in [-0.2, 0) is 11.2 Å². The Kier molecular flexibility index (Phi) is 4.63. The van der Waals surface area contributed by atoms with Crippen LogP contribution in [0.3, 0.4) is 0 Å². The first-order chi connectivity index (χ1) is 7.97. The van der Waals surface area contributed by atoms with Crippen LogP contribution in [0.5, 0.6) is 0 Å². The van der Waals surface area contributed by atoms with Gasteiger partial charge >= 0.3 is 0 Å². The highest BCUT2D eigenvalue weighted by Crippen LogP contribution is 2.21. The summed E-state index contributed by atoms with van der Waals surface area (Å²) >= 11 is 4.82. The van der Waals surface area contributed by atoms with E-state index in [1.54, 1.807) is 6.92 Å². The van der Waals surface area contributed by atoms with Crippen LogP contribution >= 0.6 is 12.2 Å². The summed E-state index contributed by atoms with van der Waals surface area (Å²) in [4.78, 5) is 12.1. The maximum absolute atomic E-state index is 11.9. The zero-order valence-corrected chi connectivity index (χ0v) is 11.2. The number of nitrogens with one attached hydrogen (secondary N) is 1. The van der Waals surface area contributed by atoms with Gasteiger partial charge in [0.2, 0.25) is 5.91 Å². The van der Waals surface area contributed by atoms with Gasteiger partial charge in [-0.3, -0.25) is 4.79 Å². The molecule has 0 saturated carbocycles. The lowest BCUT2D eigenvalue weighted by Gasteiger charge is -2.15. The fourth-order valence-electron chi connectivity index (χ4n) is 1.56. The average molecular weight is 250 g/mol. The van der Waals surface area contributed by atoms with Crippen LogP contribution in [-0.4, -0.2) is 10.9 Å². The first kappa shape index (κ1) is 13.6. The Hall–Kier alpha value is -1.42. The molecule has 1 aromatic rings. The van der Waals surface area contributed by atoms with Crippen LogP contribution in [0, 0.1) is 12.8 Å². The largest absolute Gasteiger partial charge is 0.393 e. The maximum Gasteiger partial charge on any atom is 0.234 e. The van der Waals surface area contributed by atoms with Crippen molar-refractivity contribution >= 4 is 28.8 Å². The van der Waals surface area contributed by atoms with Gasteiger partial charge in [-0.25, -0.2) is 0 Å². The first-order valence-electron chi connectivity index (χ1n) is 5.66. The molecule has 1 aromatic carbocycles. The number of hydrogen-bond acceptors (Lipinski definition) is 2. The molecule has 0 radical (unpaired) electrons. The van der Waals surface area contributed by atoms with Gasteiger partial charge in [-0.15, -0.1) is 0 Å². The molecule has 1 amide bonds. The lowest BCUT2D eigenvalue weighted by Crippen LogP contribution is -2.31. The predicted octanol–water partition coefficient (Wildman–Crippen LogP) is 2.42. The minimum Gasteiger partial charge on any atom is -0.393 e. The van der Waals surface area contributed by atoms with E-state index in [1.807, 2.05) is 25.1 Å². The van der Waals surface area contributed by atoms with Gasteiger partial charge in [-0.1, -0.05) is 37.3 Å². The normalized spacial score (nSPS) is 11.9. The highest BCUT2D eigenvalue weighted by molar-refractivity contribution is 7.80. The molecule has 3 nitrogen and oxygen atoms in total. The van der Waals surface area contributed by atoms with Crippen LogP contribution in [0.15, 0.2) is 18.2 Å². The quantitative estimate of drug-likeness (QED) is 0.807. The summed E-state index contributed by atoms with van der Waals surface area (Å²) < 4.78 is 0. The van der Waals surface area contributed by atoms with Crippen molar-refractivity contribution in [2.24, 2.45) is 11.7 Å². The van der Waals surface area contributed by atoms with E-state index < -0.39 is 5.92 Å². The predicted molar refractivity (Wildman–Crippen MR) is 75.1 cm³/mol. The van der Waals surface area contributed by atoms with E-state index in [0.29, 0.717) is 0 Å². The van der Waals surface area contributed by atoms with Crippen molar-refractivity contribution < 1.29 is 4.79 Å². The second kappa shape index (κ2) is 5.77. The fourth-order valence-corrected chi connectivity index (χ4v) is 1.67.